The third kappa shape index (κ3) is 7.60. The van der Waals surface area contributed by atoms with Crippen molar-refractivity contribution in [1.82, 2.24) is 10.2 Å². The van der Waals surface area contributed by atoms with E-state index in [0.29, 0.717) is 17.2 Å². The Labute approximate surface area is 211 Å². The first-order valence-electron chi connectivity index (χ1n) is 11.1. The molecular formula is C26H25F3N4O4. The Morgan fingerprint density at radius 3 is 2.24 bits per heavy atom. The van der Waals surface area contributed by atoms with Gasteiger partial charge in [-0.25, -0.2) is 4.79 Å². The smallest absolute Gasteiger partial charge is 0.416 e. The molecule has 2 N–H and O–H groups in total. The summed E-state index contributed by atoms with van der Waals surface area (Å²) in [7, 11) is 0. The molecule has 37 heavy (non-hydrogen) atoms. The van der Waals surface area contributed by atoms with Crippen LogP contribution in [0.1, 0.15) is 48.7 Å². The summed E-state index contributed by atoms with van der Waals surface area (Å²) < 4.78 is 45.7. The topological polar surface area (TPSA) is 110 Å². The number of aromatic nitrogens is 2. The summed E-state index contributed by atoms with van der Waals surface area (Å²) in [5.74, 6) is -1.41. The fourth-order valence-electron chi connectivity index (χ4n) is 3.41. The number of nitrogens with one attached hydrogen (secondary N) is 2. The number of Topliss-reactive ketones (excluding diaryl/α,β-unsaturated/α-hetero) is 1. The lowest BCUT2D eigenvalue weighted by Crippen LogP contribution is -2.28. The molecule has 0 aliphatic rings. The van der Waals surface area contributed by atoms with Crippen molar-refractivity contribution in [2.45, 2.75) is 45.9 Å². The molecule has 0 unspecified atom stereocenters. The number of halogens is 3. The fraction of sp³-hybridized carbons (Fsp3) is 0.269. The van der Waals surface area contributed by atoms with Gasteiger partial charge < -0.3 is 10.1 Å². The maximum atomic E-state index is 13.5. The molecule has 1 aromatic heterocycles. The summed E-state index contributed by atoms with van der Waals surface area (Å²) in [4.78, 5) is 37.7. The zero-order chi connectivity index (χ0) is 27.4. The number of benzene rings is 2. The van der Waals surface area contributed by atoms with Gasteiger partial charge in [-0.1, -0.05) is 18.2 Å². The second kappa shape index (κ2) is 10.8. The van der Waals surface area contributed by atoms with Gasteiger partial charge >= 0.3 is 12.3 Å². The average Bonchev–Trinajstić information content (AvgIpc) is 2.79. The maximum Gasteiger partial charge on any atom is 0.416 e. The molecule has 0 atom stereocenters. The average molecular weight is 515 g/mol. The number of ether oxygens (including phenoxy) is 1. The standard InChI is InChI=1S/C26H25F3N4O4/c1-15-10-20(33-24(36)37-25(2,3)4)21(12-19(15)26(27,28)29)32-23(35)13-22(34)17-7-5-6-16(11-17)18-8-9-30-31-14-18/h5-12,14H,13H2,1-4H3,(H,32,35)(H,33,36). The summed E-state index contributed by atoms with van der Waals surface area (Å²) in [5, 5.41) is 12.2. The third-order valence-electron chi connectivity index (χ3n) is 5.00. The summed E-state index contributed by atoms with van der Waals surface area (Å²) >= 11 is 0. The van der Waals surface area contributed by atoms with Crippen molar-refractivity contribution in [2.75, 3.05) is 10.6 Å². The molecule has 8 nitrogen and oxygen atoms in total. The quantitative estimate of drug-likeness (QED) is 0.307. The molecule has 0 aliphatic heterocycles. The number of alkyl halides is 3. The number of rotatable bonds is 6. The minimum Gasteiger partial charge on any atom is -0.444 e. The van der Waals surface area contributed by atoms with Gasteiger partial charge in [0.05, 0.1) is 35.8 Å². The number of anilines is 2. The summed E-state index contributed by atoms with van der Waals surface area (Å²) in [5.41, 5.74) is -0.827. The molecule has 0 bridgehead atoms. The van der Waals surface area contributed by atoms with Crippen molar-refractivity contribution in [3.05, 3.63) is 71.5 Å². The van der Waals surface area contributed by atoms with E-state index < -0.39 is 41.5 Å². The number of ketones is 1. The number of aryl methyl sites for hydroxylation is 1. The van der Waals surface area contributed by atoms with Crippen molar-refractivity contribution in [3.63, 3.8) is 0 Å². The lowest BCUT2D eigenvalue weighted by molar-refractivity contribution is -0.138. The van der Waals surface area contributed by atoms with Crippen LogP contribution < -0.4 is 10.6 Å². The first-order valence-corrected chi connectivity index (χ1v) is 11.1. The van der Waals surface area contributed by atoms with Gasteiger partial charge in [0.2, 0.25) is 5.91 Å². The van der Waals surface area contributed by atoms with Gasteiger partial charge in [-0.3, -0.25) is 14.9 Å². The lowest BCUT2D eigenvalue weighted by atomic mass is 10.0. The number of hydrogen-bond donors (Lipinski definition) is 2. The van der Waals surface area contributed by atoms with E-state index in [1.54, 1.807) is 45.0 Å². The van der Waals surface area contributed by atoms with Crippen molar-refractivity contribution in [2.24, 2.45) is 0 Å². The molecule has 3 aromatic rings. The minimum absolute atomic E-state index is 0.104. The van der Waals surface area contributed by atoms with Gasteiger partial charge in [-0.15, -0.1) is 0 Å². The molecule has 2 aromatic carbocycles. The fourth-order valence-corrected chi connectivity index (χ4v) is 3.41. The van der Waals surface area contributed by atoms with E-state index in [1.165, 1.54) is 25.4 Å². The van der Waals surface area contributed by atoms with Gasteiger partial charge in [0.25, 0.3) is 0 Å². The van der Waals surface area contributed by atoms with Gasteiger partial charge in [0.15, 0.2) is 5.78 Å². The van der Waals surface area contributed by atoms with Gasteiger partial charge in [0, 0.05) is 11.1 Å². The molecule has 0 aliphatic carbocycles. The van der Waals surface area contributed by atoms with Crippen LogP contribution in [0.4, 0.5) is 29.3 Å². The number of carbonyl (C=O) groups is 3. The van der Waals surface area contributed by atoms with E-state index in [-0.39, 0.29) is 22.5 Å². The first-order chi connectivity index (χ1) is 17.2. The number of nitrogens with zero attached hydrogens (tertiary/aromatic N) is 2. The van der Waals surface area contributed by atoms with Gasteiger partial charge in [-0.05, 0) is 63.1 Å². The van der Waals surface area contributed by atoms with Crippen LogP contribution >= 0.6 is 0 Å². The van der Waals surface area contributed by atoms with E-state index >= 15 is 0 Å². The van der Waals surface area contributed by atoms with Crippen LogP contribution in [0.25, 0.3) is 11.1 Å². The molecule has 0 saturated heterocycles. The molecule has 0 radical (unpaired) electrons. The molecule has 0 saturated carbocycles. The van der Waals surface area contributed by atoms with Crippen LogP contribution in [-0.4, -0.2) is 33.6 Å². The van der Waals surface area contributed by atoms with Crippen LogP contribution in [0, 0.1) is 6.92 Å². The van der Waals surface area contributed by atoms with Crippen molar-refractivity contribution in [1.29, 1.82) is 0 Å². The van der Waals surface area contributed by atoms with Gasteiger partial charge in [-0.2, -0.15) is 23.4 Å². The normalized spacial score (nSPS) is 11.5. The van der Waals surface area contributed by atoms with Crippen molar-refractivity contribution >= 4 is 29.2 Å². The molecule has 1 heterocycles. The molecule has 11 heteroatoms. The molecule has 2 amide bonds. The van der Waals surface area contributed by atoms with Gasteiger partial charge in [0.1, 0.15) is 5.60 Å². The Hall–Kier alpha value is -4.28. The first kappa shape index (κ1) is 27.3. The minimum atomic E-state index is -4.70. The predicted octanol–water partition coefficient (Wildman–Crippen LogP) is 6.03. The molecule has 0 spiro atoms. The lowest BCUT2D eigenvalue weighted by Gasteiger charge is -2.21. The molecular weight excluding hydrogens is 489 g/mol. The largest absolute Gasteiger partial charge is 0.444 e. The van der Waals surface area contributed by atoms with E-state index in [0.717, 1.165) is 6.07 Å². The van der Waals surface area contributed by atoms with Crippen molar-refractivity contribution < 1.29 is 32.3 Å². The van der Waals surface area contributed by atoms with E-state index in [4.69, 9.17) is 4.74 Å². The number of hydrogen-bond acceptors (Lipinski definition) is 6. The highest BCUT2D eigenvalue weighted by Crippen LogP contribution is 2.37. The van der Waals surface area contributed by atoms with E-state index in [1.807, 2.05) is 0 Å². The highest BCUT2D eigenvalue weighted by atomic mass is 19.4. The number of amides is 2. The second-order valence-corrected chi connectivity index (χ2v) is 9.20. The van der Waals surface area contributed by atoms with Crippen LogP contribution in [0.15, 0.2) is 54.9 Å². The molecule has 194 valence electrons. The molecule has 0 fully saturated rings. The number of carbonyl (C=O) groups excluding carboxylic acids is 3. The highest BCUT2D eigenvalue weighted by molar-refractivity contribution is 6.12. The zero-order valence-corrected chi connectivity index (χ0v) is 20.6. The Kier molecular flexibility index (Phi) is 7.95. The Balaban J connectivity index is 1.83. The van der Waals surface area contributed by atoms with Crippen LogP contribution in [0.3, 0.4) is 0 Å². The second-order valence-electron chi connectivity index (χ2n) is 9.20. The van der Waals surface area contributed by atoms with Crippen LogP contribution in [0.2, 0.25) is 0 Å². The summed E-state index contributed by atoms with van der Waals surface area (Å²) in [6.45, 7) is 6.10. The Morgan fingerprint density at radius 1 is 0.919 bits per heavy atom. The monoisotopic (exact) mass is 514 g/mol. The summed E-state index contributed by atoms with van der Waals surface area (Å²) in [6, 6.07) is 10.00. The van der Waals surface area contributed by atoms with Crippen molar-refractivity contribution in [3.8, 4) is 11.1 Å². The van der Waals surface area contributed by atoms with Crippen LogP contribution in [-0.2, 0) is 15.7 Å². The SMILES string of the molecule is Cc1cc(NC(=O)OC(C)(C)C)c(NC(=O)CC(=O)c2cccc(-c3ccnnc3)c2)cc1C(F)(F)F. The Bertz CT molecular complexity index is 1320. The van der Waals surface area contributed by atoms with E-state index in [9.17, 15) is 27.6 Å². The Morgan fingerprint density at radius 2 is 1.62 bits per heavy atom. The maximum absolute atomic E-state index is 13.5. The predicted molar refractivity (Wildman–Crippen MR) is 131 cm³/mol. The van der Waals surface area contributed by atoms with Crippen LogP contribution in [0.5, 0.6) is 0 Å². The summed E-state index contributed by atoms with van der Waals surface area (Å²) in [6.07, 6.45) is -3.24. The molecule has 3 rings (SSSR count). The zero-order valence-electron chi connectivity index (χ0n) is 20.6. The third-order valence-corrected chi connectivity index (χ3v) is 5.00. The highest BCUT2D eigenvalue weighted by Gasteiger charge is 2.34. The van der Waals surface area contributed by atoms with E-state index in [2.05, 4.69) is 20.8 Å².